The van der Waals surface area contributed by atoms with E-state index in [4.69, 9.17) is 9.47 Å². The normalized spacial score (nSPS) is 13.4. The van der Waals surface area contributed by atoms with Crippen LogP contribution in [0.15, 0.2) is 23.4 Å². The van der Waals surface area contributed by atoms with Crippen LogP contribution in [0.5, 0.6) is 11.5 Å². The van der Waals surface area contributed by atoms with Gasteiger partial charge in [0.1, 0.15) is 0 Å². The maximum absolute atomic E-state index is 12.7. The van der Waals surface area contributed by atoms with E-state index in [1.807, 2.05) is 32.2 Å². The third kappa shape index (κ3) is 3.62. The van der Waals surface area contributed by atoms with Crippen LogP contribution in [0.25, 0.3) is 5.78 Å². The Morgan fingerprint density at radius 2 is 2.00 bits per heavy atom. The molecule has 9 heteroatoms. The summed E-state index contributed by atoms with van der Waals surface area (Å²) in [5.41, 5.74) is 3.16. The lowest BCUT2D eigenvalue weighted by atomic mass is 10.1. The first kappa shape index (κ1) is 18.5. The smallest absolute Gasteiger partial charge is 0.253 e. The Hall–Kier alpha value is -2.81. The summed E-state index contributed by atoms with van der Waals surface area (Å²) in [6, 6.07) is 5.43. The number of hydrogen-bond acceptors (Lipinski definition) is 7. The van der Waals surface area contributed by atoms with E-state index < -0.39 is 0 Å². The van der Waals surface area contributed by atoms with Crippen LogP contribution in [0.2, 0.25) is 0 Å². The second kappa shape index (κ2) is 7.67. The highest BCUT2D eigenvalue weighted by molar-refractivity contribution is 7.98. The Labute approximate surface area is 166 Å². The van der Waals surface area contributed by atoms with Crippen molar-refractivity contribution in [2.45, 2.75) is 31.8 Å². The summed E-state index contributed by atoms with van der Waals surface area (Å²) in [6.07, 6.45) is 2.95. The lowest BCUT2D eigenvalue weighted by Gasteiger charge is -2.12. The zero-order chi connectivity index (χ0) is 19.7. The van der Waals surface area contributed by atoms with Crippen molar-refractivity contribution >= 4 is 29.1 Å². The molecule has 0 atom stereocenters. The quantitative estimate of drug-likeness (QED) is 0.675. The summed E-state index contributed by atoms with van der Waals surface area (Å²) in [4.78, 5) is 21.5. The maximum atomic E-state index is 12.7. The fourth-order valence-electron chi connectivity index (χ4n) is 3.14. The van der Waals surface area contributed by atoms with Gasteiger partial charge in [0, 0.05) is 35.1 Å². The number of ether oxygens (including phenoxy) is 2. The van der Waals surface area contributed by atoms with Crippen LogP contribution in [0, 0.1) is 13.8 Å². The van der Waals surface area contributed by atoms with Gasteiger partial charge in [-0.3, -0.25) is 4.79 Å². The van der Waals surface area contributed by atoms with E-state index in [-0.39, 0.29) is 12.3 Å². The Balaban J connectivity index is 1.54. The molecule has 1 aliphatic rings. The van der Waals surface area contributed by atoms with Gasteiger partial charge in [0.15, 0.2) is 11.5 Å². The van der Waals surface area contributed by atoms with E-state index in [0.717, 1.165) is 23.4 Å². The molecule has 0 bridgehead atoms. The van der Waals surface area contributed by atoms with Gasteiger partial charge in [-0.2, -0.15) is 4.98 Å². The zero-order valence-corrected chi connectivity index (χ0v) is 16.8. The van der Waals surface area contributed by atoms with E-state index in [2.05, 4.69) is 20.4 Å². The van der Waals surface area contributed by atoms with Gasteiger partial charge < -0.3 is 14.8 Å². The fourth-order valence-corrected chi connectivity index (χ4v) is 3.48. The minimum atomic E-state index is -0.132. The van der Waals surface area contributed by atoms with Crippen molar-refractivity contribution in [2.24, 2.45) is 0 Å². The number of thioether (sulfide) groups is 1. The summed E-state index contributed by atoms with van der Waals surface area (Å²) in [5, 5.41) is 8.01. The summed E-state index contributed by atoms with van der Waals surface area (Å²) < 4.78 is 13.0. The van der Waals surface area contributed by atoms with E-state index in [0.29, 0.717) is 41.3 Å². The molecule has 3 heterocycles. The highest BCUT2D eigenvalue weighted by Crippen LogP contribution is 2.32. The first-order chi connectivity index (χ1) is 13.5. The maximum Gasteiger partial charge on any atom is 0.253 e. The number of nitrogens with one attached hydrogen (secondary N) is 1. The van der Waals surface area contributed by atoms with Crippen molar-refractivity contribution in [3.8, 4) is 11.5 Å². The lowest BCUT2D eigenvalue weighted by molar-refractivity contribution is -0.115. The number of aryl methyl sites for hydroxylation is 2. The molecule has 0 fully saturated rings. The number of anilines is 1. The van der Waals surface area contributed by atoms with E-state index in [1.54, 1.807) is 10.6 Å². The second-order valence-corrected chi connectivity index (χ2v) is 7.28. The highest BCUT2D eigenvalue weighted by atomic mass is 32.2. The Kier molecular flexibility index (Phi) is 5.08. The number of benzene rings is 1. The Bertz CT molecular complexity index is 1050. The molecule has 0 saturated heterocycles. The lowest BCUT2D eigenvalue weighted by Crippen LogP contribution is -2.17. The summed E-state index contributed by atoms with van der Waals surface area (Å²) >= 11 is 1.46. The molecule has 0 unspecified atom stereocenters. The molecule has 0 saturated carbocycles. The number of rotatable bonds is 4. The highest BCUT2D eigenvalue weighted by Gasteiger charge is 2.17. The molecule has 0 spiro atoms. The fraction of sp³-hybridized carbons (Fsp3) is 0.368. The molecule has 0 radical (unpaired) electrons. The number of nitrogens with zero attached hydrogens (tertiary/aromatic N) is 4. The first-order valence-corrected chi connectivity index (χ1v) is 10.2. The van der Waals surface area contributed by atoms with Crippen LogP contribution in [-0.4, -0.2) is 45.0 Å². The van der Waals surface area contributed by atoms with Gasteiger partial charge >= 0.3 is 0 Å². The van der Waals surface area contributed by atoms with E-state index >= 15 is 0 Å². The third-order valence-electron chi connectivity index (χ3n) is 4.58. The van der Waals surface area contributed by atoms with Crippen LogP contribution >= 0.6 is 11.8 Å². The molecule has 1 aromatic carbocycles. The number of fused-ring (bicyclic) bond motifs is 2. The molecule has 2 aromatic heterocycles. The van der Waals surface area contributed by atoms with Gasteiger partial charge in [-0.1, -0.05) is 11.8 Å². The monoisotopic (exact) mass is 399 g/mol. The SMILES string of the molecule is CSc1nc2nc(C)c(CC(=O)Nc3ccc4c(c3)OCCCO4)c(C)n2n1. The van der Waals surface area contributed by atoms with Crippen molar-refractivity contribution in [1.29, 1.82) is 0 Å². The third-order valence-corrected chi connectivity index (χ3v) is 5.12. The molecule has 1 amide bonds. The molecular weight excluding hydrogens is 378 g/mol. The standard InChI is InChI=1S/C19H21N5O3S/c1-11-14(12(2)24-18(20-11)22-19(23-24)28-3)10-17(25)21-13-5-6-15-16(9-13)27-8-4-7-26-15/h5-6,9H,4,7-8,10H2,1-3H3,(H,21,25). The van der Waals surface area contributed by atoms with Crippen molar-refractivity contribution in [3.63, 3.8) is 0 Å². The average molecular weight is 399 g/mol. The number of carbonyl (C=O) groups excluding carboxylic acids is 1. The molecule has 28 heavy (non-hydrogen) atoms. The van der Waals surface area contributed by atoms with Crippen molar-refractivity contribution in [1.82, 2.24) is 19.6 Å². The van der Waals surface area contributed by atoms with Crippen LogP contribution < -0.4 is 14.8 Å². The van der Waals surface area contributed by atoms with Crippen LogP contribution in [-0.2, 0) is 11.2 Å². The summed E-state index contributed by atoms with van der Waals surface area (Å²) in [6.45, 7) is 5.05. The molecule has 8 nitrogen and oxygen atoms in total. The Morgan fingerprint density at radius 3 is 2.79 bits per heavy atom. The Morgan fingerprint density at radius 1 is 1.21 bits per heavy atom. The number of hydrogen-bond donors (Lipinski definition) is 1. The average Bonchev–Trinajstić information content (AvgIpc) is 2.95. The number of amides is 1. The number of carbonyl (C=O) groups is 1. The molecule has 1 N–H and O–H groups in total. The second-order valence-electron chi connectivity index (χ2n) is 6.51. The molecule has 1 aliphatic heterocycles. The molecule has 3 aromatic rings. The molecular formula is C19H21N5O3S. The minimum Gasteiger partial charge on any atom is -0.490 e. The van der Waals surface area contributed by atoms with Crippen molar-refractivity contribution in [2.75, 3.05) is 24.8 Å². The largest absolute Gasteiger partial charge is 0.490 e. The van der Waals surface area contributed by atoms with Crippen molar-refractivity contribution < 1.29 is 14.3 Å². The predicted octanol–water partition coefficient (Wildman–Crippen LogP) is 2.81. The first-order valence-electron chi connectivity index (χ1n) is 9.01. The van der Waals surface area contributed by atoms with Crippen molar-refractivity contribution in [3.05, 3.63) is 35.2 Å². The van der Waals surface area contributed by atoms with Gasteiger partial charge in [-0.05, 0) is 32.2 Å². The van der Waals surface area contributed by atoms with Gasteiger partial charge in [-0.25, -0.2) is 9.50 Å². The van der Waals surface area contributed by atoms with Crippen LogP contribution in [0.3, 0.4) is 0 Å². The molecule has 146 valence electrons. The summed E-state index contributed by atoms with van der Waals surface area (Å²) in [7, 11) is 0. The van der Waals surface area contributed by atoms with E-state index in [1.165, 1.54) is 11.8 Å². The number of aromatic nitrogens is 4. The predicted molar refractivity (Wildman–Crippen MR) is 106 cm³/mol. The van der Waals surface area contributed by atoms with Gasteiger partial charge in [0.25, 0.3) is 5.78 Å². The molecule has 0 aliphatic carbocycles. The van der Waals surface area contributed by atoms with Crippen LogP contribution in [0.4, 0.5) is 5.69 Å². The van der Waals surface area contributed by atoms with E-state index in [9.17, 15) is 4.79 Å². The topological polar surface area (TPSA) is 90.6 Å². The van der Waals surface area contributed by atoms with Crippen LogP contribution in [0.1, 0.15) is 23.4 Å². The summed E-state index contributed by atoms with van der Waals surface area (Å²) in [5.74, 6) is 1.77. The minimum absolute atomic E-state index is 0.132. The van der Waals surface area contributed by atoms with Gasteiger partial charge in [0.2, 0.25) is 11.1 Å². The zero-order valence-electron chi connectivity index (χ0n) is 16.0. The van der Waals surface area contributed by atoms with Gasteiger partial charge in [-0.15, -0.1) is 5.10 Å². The van der Waals surface area contributed by atoms with Gasteiger partial charge in [0.05, 0.1) is 19.6 Å². The molecule has 4 rings (SSSR count).